The number of anilines is 1. The van der Waals surface area contributed by atoms with Gasteiger partial charge in [-0.05, 0) is 30.9 Å². The molecular formula is C12H17FN2. The largest absolute Gasteiger partial charge is 0.376 e. The second kappa shape index (κ2) is 3.81. The maximum absolute atomic E-state index is 13.4. The normalized spacial score (nSPS) is 29.7. The minimum Gasteiger partial charge on any atom is -0.376 e. The number of hydrogen-bond acceptors (Lipinski definition) is 2. The highest BCUT2D eigenvalue weighted by Crippen LogP contribution is 2.39. The molecule has 1 aliphatic carbocycles. The Morgan fingerprint density at radius 2 is 2.13 bits per heavy atom. The summed E-state index contributed by atoms with van der Waals surface area (Å²) in [5, 5.41) is 3.24. The van der Waals surface area contributed by atoms with Crippen molar-refractivity contribution in [2.45, 2.75) is 25.3 Å². The van der Waals surface area contributed by atoms with E-state index in [2.05, 4.69) is 12.2 Å². The fourth-order valence-corrected chi connectivity index (χ4v) is 2.44. The Labute approximate surface area is 89.7 Å². The number of hydrogen-bond donors (Lipinski definition) is 2. The number of halogens is 1. The molecule has 1 aromatic rings. The Hall–Kier alpha value is -1.09. The molecule has 0 radical (unpaired) electrons. The van der Waals surface area contributed by atoms with Crippen LogP contribution < -0.4 is 11.1 Å². The number of nitrogens with two attached hydrogens (primary N) is 1. The zero-order chi connectivity index (χ0) is 10.9. The molecule has 3 heteroatoms. The van der Waals surface area contributed by atoms with Crippen LogP contribution in [0.15, 0.2) is 24.3 Å². The van der Waals surface area contributed by atoms with Crippen molar-refractivity contribution in [2.24, 2.45) is 11.7 Å². The van der Waals surface area contributed by atoms with Crippen LogP contribution in [-0.4, -0.2) is 12.1 Å². The maximum Gasteiger partial charge on any atom is 0.146 e. The molecule has 0 amide bonds. The summed E-state index contributed by atoms with van der Waals surface area (Å²) in [6.45, 7) is 2.75. The van der Waals surface area contributed by atoms with Crippen molar-refractivity contribution in [2.75, 3.05) is 11.9 Å². The summed E-state index contributed by atoms with van der Waals surface area (Å²) < 4.78 is 13.4. The van der Waals surface area contributed by atoms with Crippen molar-refractivity contribution in [3.63, 3.8) is 0 Å². The molecule has 15 heavy (non-hydrogen) atoms. The van der Waals surface area contributed by atoms with Crippen LogP contribution in [0.2, 0.25) is 0 Å². The van der Waals surface area contributed by atoms with Crippen molar-refractivity contribution in [1.82, 2.24) is 0 Å². The highest BCUT2D eigenvalue weighted by atomic mass is 19.1. The second-order valence-corrected chi connectivity index (χ2v) is 4.60. The van der Waals surface area contributed by atoms with Gasteiger partial charge in [-0.15, -0.1) is 0 Å². The van der Waals surface area contributed by atoms with E-state index in [1.165, 1.54) is 6.07 Å². The zero-order valence-electron chi connectivity index (χ0n) is 8.96. The van der Waals surface area contributed by atoms with E-state index in [0.717, 1.165) is 12.8 Å². The first kappa shape index (κ1) is 10.4. The number of para-hydroxylation sites is 1. The van der Waals surface area contributed by atoms with Crippen molar-refractivity contribution in [3.05, 3.63) is 30.1 Å². The Morgan fingerprint density at radius 3 is 2.67 bits per heavy atom. The number of nitrogens with one attached hydrogen (secondary N) is 1. The number of benzene rings is 1. The Bertz CT molecular complexity index is 345. The Kier molecular flexibility index (Phi) is 2.65. The van der Waals surface area contributed by atoms with Gasteiger partial charge in [0.15, 0.2) is 0 Å². The van der Waals surface area contributed by atoms with Gasteiger partial charge >= 0.3 is 0 Å². The lowest BCUT2D eigenvalue weighted by atomic mass is 9.69. The van der Waals surface area contributed by atoms with Crippen LogP contribution in [-0.2, 0) is 0 Å². The lowest BCUT2D eigenvalue weighted by Gasteiger charge is -2.47. The molecule has 2 rings (SSSR count). The summed E-state index contributed by atoms with van der Waals surface area (Å²) >= 11 is 0. The summed E-state index contributed by atoms with van der Waals surface area (Å²) in [4.78, 5) is 0. The van der Waals surface area contributed by atoms with Crippen LogP contribution in [0.1, 0.15) is 19.8 Å². The van der Waals surface area contributed by atoms with Crippen LogP contribution in [0.4, 0.5) is 10.1 Å². The summed E-state index contributed by atoms with van der Waals surface area (Å²) in [7, 11) is 0. The predicted molar refractivity (Wildman–Crippen MR) is 60.2 cm³/mol. The van der Waals surface area contributed by atoms with Crippen molar-refractivity contribution < 1.29 is 4.39 Å². The summed E-state index contributed by atoms with van der Waals surface area (Å²) in [5.41, 5.74) is 6.23. The molecule has 82 valence electrons. The van der Waals surface area contributed by atoms with Crippen LogP contribution >= 0.6 is 0 Å². The molecule has 0 aliphatic heterocycles. The standard InChI is InChI=1S/C12H17FN2/c1-9-6-12(7-9,8-14)15-11-5-3-2-4-10(11)13/h2-5,9,15H,6-8,14H2,1H3. The lowest BCUT2D eigenvalue weighted by molar-refractivity contribution is 0.193. The van der Waals surface area contributed by atoms with Gasteiger partial charge in [-0.1, -0.05) is 19.1 Å². The molecule has 1 fully saturated rings. The van der Waals surface area contributed by atoms with Gasteiger partial charge in [0.05, 0.1) is 11.2 Å². The van der Waals surface area contributed by atoms with E-state index >= 15 is 0 Å². The van der Waals surface area contributed by atoms with Gasteiger partial charge < -0.3 is 11.1 Å². The fraction of sp³-hybridized carbons (Fsp3) is 0.500. The number of rotatable bonds is 3. The average molecular weight is 208 g/mol. The zero-order valence-corrected chi connectivity index (χ0v) is 8.96. The minimum atomic E-state index is -0.204. The average Bonchev–Trinajstić information content (AvgIpc) is 2.18. The van der Waals surface area contributed by atoms with Crippen molar-refractivity contribution >= 4 is 5.69 Å². The maximum atomic E-state index is 13.4. The topological polar surface area (TPSA) is 38.0 Å². The highest BCUT2D eigenvalue weighted by Gasteiger charge is 2.41. The molecule has 2 nitrogen and oxygen atoms in total. The lowest BCUT2D eigenvalue weighted by Crippen LogP contribution is -2.55. The van der Waals surface area contributed by atoms with Crippen LogP contribution in [0, 0.1) is 11.7 Å². The Morgan fingerprint density at radius 1 is 1.47 bits per heavy atom. The van der Waals surface area contributed by atoms with E-state index in [1.807, 2.05) is 6.07 Å². The van der Waals surface area contributed by atoms with E-state index in [4.69, 9.17) is 5.73 Å². The van der Waals surface area contributed by atoms with Gasteiger partial charge in [0.2, 0.25) is 0 Å². The van der Waals surface area contributed by atoms with Crippen LogP contribution in [0.25, 0.3) is 0 Å². The van der Waals surface area contributed by atoms with E-state index in [-0.39, 0.29) is 11.4 Å². The third-order valence-corrected chi connectivity index (χ3v) is 3.14. The molecular weight excluding hydrogens is 191 g/mol. The SMILES string of the molecule is CC1CC(CN)(Nc2ccccc2F)C1. The molecule has 0 bridgehead atoms. The monoisotopic (exact) mass is 208 g/mol. The molecule has 1 aromatic carbocycles. The van der Waals surface area contributed by atoms with E-state index in [0.29, 0.717) is 18.2 Å². The fourth-order valence-electron chi connectivity index (χ4n) is 2.44. The van der Waals surface area contributed by atoms with Crippen LogP contribution in [0.5, 0.6) is 0 Å². The minimum absolute atomic E-state index is 0.0817. The molecule has 3 N–H and O–H groups in total. The third kappa shape index (κ3) is 1.97. The molecule has 0 heterocycles. The summed E-state index contributed by atoms with van der Waals surface area (Å²) in [6, 6.07) is 6.75. The van der Waals surface area contributed by atoms with E-state index < -0.39 is 0 Å². The predicted octanol–water partition coefficient (Wildman–Crippen LogP) is 2.37. The first-order valence-corrected chi connectivity index (χ1v) is 5.38. The third-order valence-electron chi connectivity index (χ3n) is 3.14. The molecule has 1 saturated carbocycles. The summed E-state index contributed by atoms with van der Waals surface area (Å²) in [5.74, 6) is 0.484. The highest BCUT2D eigenvalue weighted by molar-refractivity contribution is 5.47. The van der Waals surface area contributed by atoms with Crippen LogP contribution in [0.3, 0.4) is 0 Å². The summed E-state index contributed by atoms with van der Waals surface area (Å²) in [6.07, 6.45) is 2.05. The van der Waals surface area contributed by atoms with Gasteiger partial charge in [-0.25, -0.2) is 4.39 Å². The van der Waals surface area contributed by atoms with E-state index in [9.17, 15) is 4.39 Å². The van der Waals surface area contributed by atoms with Crippen molar-refractivity contribution in [3.8, 4) is 0 Å². The molecule has 1 aliphatic rings. The smallest absolute Gasteiger partial charge is 0.146 e. The van der Waals surface area contributed by atoms with Gasteiger partial charge in [0.1, 0.15) is 5.82 Å². The quantitative estimate of drug-likeness (QED) is 0.800. The molecule has 0 atom stereocenters. The van der Waals surface area contributed by atoms with Crippen molar-refractivity contribution in [1.29, 1.82) is 0 Å². The molecule has 0 unspecified atom stereocenters. The van der Waals surface area contributed by atoms with Gasteiger partial charge in [-0.2, -0.15) is 0 Å². The van der Waals surface area contributed by atoms with E-state index in [1.54, 1.807) is 12.1 Å². The Balaban J connectivity index is 2.11. The van der Waals surface area contributed by atoms with Gasteiger partial charge in [0, 0.05) is 6.54 Å². The second-order valence-electron chi connectivity index (χ2n) is 4.60. The first-order valence-electron chi connectivity index (χ1n) is 5.38. The van der Waals surface area contributed by atoms with Gasteiger partial charge in [-0.3, -0.25) is 0 Å². The molecule has 0 spiro atoms. The first-order chi connectivity index (χ1) is 7.15. The molecule has 0 aromatic heterocycles. The molecule has 0 saturated heterocycles. The van der Waals surface area contributed by atoms with Gasteiger partial charge in [0.25, 0.3) is 0 Å².